The predicted octanol–water partition coefficient (Wildman–Crippen LogP) is 6.94. The molecule has 1 aliphatic carbocycles. The normalized spacial score (nSPS) is 13.2. The SMILES string of the molecule is COc1ccc(C=CC(=O)Oc2ccc3c(c2)C(C)(C)c2cc(OC(=O)C=Cc4ccc(O)cc4)ccc2-3)cc1. The van der Waals surface area contributed by atoms with Crippen LogP contribution in [0.2, 0.25) is 0 Å². The number of benzene rings is 4. The fourth-order valence-corrected chi connectivity index (χ4v) is 4.75. The van der Waals surface area contributed by atoms with E-state index in [-0.39, 0.29) is 5.75 Å². The second-order valence-electron chi connectivity index (χ2n) is 9.91. The third-order valence-corrected chi connectivity index (χ3v) is 6.89. The van der Waals surface area contributed by atoms with Crippen LogP contribution < -0.4 is 14.2 Å². The number of methoxy groups -OCH3 is 1. The van der Waals surface area contributed by atoms with Crippen LogP contribution in [0.1, 0.15) is 36.1 Å². The predicted molar refractivity (Wildman–Crippen MR) is 154 cm³/mol. The fraction of sp³-hybridized carbons (Fsp3) is 0.118. The number of hydrogen-bond donors (Lipinski definition) is 1. The largest absolute Gasteiger partial charge is 0.508 e. The summed E-state index contributed by atoms with van der Waals surface area (Å²) in [7, 11) is 1.60. The van der Waals surface area contributed by atoms with Gasteiger partial charge in [0, 0.05) is 17.6 Å². The Kier molecular flexibility index (Phi) is 7.25. The number of aromatic hydroxyl groups is 1. The monoisotopic (exact) mass is 532 g/mol. The highest BCUT2D eigenvalue weighted by Crippen LogP contribution is 2.50. The van der Waals surface area contributed by atoms with E-state index in [1.807, 2.05) is 48.5 Å². The standard InChI is InChI=1S/C34H28O6/c1-34(2)30-20-26(39-32(36)18-8-22-4-10-24(35)11-5-22)14-16-28(30)29-17-15-27(21-31(29)34)40-33(37)19-9-23-6-12-25(38-3)13-7-23/h4-21,35H,1-3H3. The van der Waals surface area contributed by atoms with Crippen LogP contribution in [0.4, 0.5) is 0 Å². The van der Waals surface area contributed by atoms with Gasteiger partial charge in [-0.15, -0.1) is 0 Å². The summed E-state index contributed by atoms with van der Waals surface area (Å²) in [5, 5.41) is 9.40. The molecule has 1 N–H and O–H groups in total. The highest BCUT2D eigenvalue weighted by atomic mass is 16.5. The van der Waals surface area contributed by atoms with Gasteiger partial charge < -0.3 is 19.3 Å². The number of carbonyl (C=O) groups is 2. The minimum absolute atomic E-state index is 0.160. The maximum atomic E-state index is 12.5. The summed E-state index contributed by atoms with van der Waals surface area (Å²) in [5.74, 6) is 0.824. The minimum Gasteiger partial charge on any atom is -0.508 e. The second kappa shape index (κ2) is 10.9. The molecule has 6 nitrogen and oxygen atoms in total. The molecular weight excluding hydrogens is 504 g/mol. The summed E-state index contributed by atoms with van der Waals surface area (Å²) < 4.78 is 16.3. The average molecular weight is 533 g/mol. The van der Waals surface area contributed by atoms with Gasteiger partial charge in [-0.3, -0.25) is 0 Å². The Morgan fingerprint density at radius 3 is 1.52 bits per heavy atom. The Labute approximate surface area is 232 Å². The lowest BCUT2D eigenvalue weighted by molar-refractivity contribution is -0.129. The van der Waals surface area contributed by atoms with Crippen molar-refractivity contribution in [2.45, 2.75) is 19.3 Å². The maximum absolute atomic E-state index is 12.5. The van der Waals surface area contributed by atoms with Gasteiger partial charge in [-0.2, -0.15) is 0 Å². The van der Waals surface area contributed by atoms with Crippen molar-refractivity contribution >= 4 is 24.1 Å². The lowest BCUT2D eigenvalue weighted by Crippen LogP contribution is -2.16. The van der Waals surface area contributed by atoms with Gasteiger partial charge in [0.25, 0.3) is 0 Å². The summed E-state index contributed by atoms with van der Waals surface area (Å²) in [6.07, 6.45) is 6.07. The van der Waals surface area contributed by atoms with E-state index in [1.165, 1.54) is 12.2 Å². The van der Waals surface area contributed by atoms with Crippen molar-refractivity contribution < 1.29 is 28.9 Å². The third-order valence-electron chi connectivity index (χ3n) is 6.89. The lowest BCUT2D eigenvalue weighted by Gasteiger charge is -2.22. The van der Waals surface area contributed by atoms with E-state index in [2.05, 4.69) is 13.8 Å². The number of phenols is 1. The molecule has 6 heteroatoms. The molecule has 0 amide bonds. The van der Waals surface area contributed by atoms with Gasteiger partial charge in [0.1, 0.15) is 23.0 Å². The first kappa shape index (κ1) is 26.5. The molecule has 0 heterocycles. The molecule has 0 spiro atoms. The average Bonchev–Trinajstić information content (AvgIpc) is 3.17. The summed E-state index contributed by atoms with van der Waals surface area (Å²) >= 11 is 0. The van der Waals surface area contributed by atoms with Crippen LogP contribution in [0.25, 0.3) is 23.3 Å². The molecule has 0 saturated heterocycles. The molecule has 0 unspecified atom stereocenters. The van der Waals surface area contributed by atoms with E-state index in [0.29, 0.717) is 11.5 Å². The summed E-state index contributed by atoms with van der Waals surface area (Å²) in [6.45, 7) is 4.17. The fourth-order valence-electron chi connectivity index (χ4n) is 4.75. The van der Waals surface area contributed by atoms with Crippen molar-refractivity contribution in [2.75, 3.05) is 7.11 Å². The number of rotatable bonds is 7. The number of phenolic OH excluding ortho intramolecular Hbond substituents is 1. The van der Waals surface area contributed by atoms with Crippen molar-refractivity contribution in [1.82, 2.24) is 0 Å². The molecule has 0 bridgehead atoms. The first-order valence-electron chi connectivity index (χ1n) is 12.8. The topological polar surface area (TPSA) is 82.1 Å². The Hall–Kier alpha value is -5.10. The van der Waals surface area contributed by atoms with Crippen molar-refractivity contribution in [3.05, 3.63) is 119 Å². The van der Waals surface area contributed by atoms with Gasteiger partial charge in [-0.1, -0.05) is 50.2 Å². The third kappa shape index (κ3) is 5.66. The van der Waals surface area contributed by atoms with E-state index in [0.717, 1.165) is 39.1 Å². The van der Waals surface area contributed by atoms with Gasteiger partial charge in [-0.25, -0.2) is 9.59 Å². The van der Waals surface area contributed by atoms with Crippen LogP contribution in [0.15, 0.2) is 97.1 Å². The zero-order valence-corrected chi connectivity index (χ0v) is 22.4. The molecule has 4 aromatic rings. The van der Waals surface area contributed by atoms with Crippen LogP contribution >= 0.6 is 0 Å². The van der Waals surface area contributed by atoms with Crippen molar-refractivity contribution in [3.63, 3.8) is 0 Å². The van der Waals surface area contributed by atoms with Crippen LogP contribution in [-0.4, -0.2) is 24.2 Å². The Morgan fingerprint density at radius 2 is 1.07 bits per heavy atom. The molecule has 5 rings (SSSR count). The van der Waals surface area contributed by atoms with E-state index < -0.39 is 17.4 Å². The minimum atomic E-state index is -0.502. The van der Waals surface area contributed by atoms with Crippen LogP contribution in [0.5, 0.6) is 23.0 Å². The van der Waals surface area contributed by atoms with Crippen molar-refractivity contribution in [3.8, 4) is 34.1 Å². The van der Waals surface area contributed by atoms with Crippen molar-refractivity contribution in [1.29, 1.82) is 0 Å². The summed E-state index contributed by atoms with van der Waals surface area (Å²) in [6, 6.07) is 25.1. The molecule has 0 fully saturated rings. The molecule has 1 aliphatic rings. The molecule has 0 radical (unpaired) electrons. The van der Waals surface area contributed by atoms with Crippen LogP contribution in [0, 0.1) is 0 Å². The van der Waals surface area contributed by atoms with Gasteiger partial charge >= 0.3 is 11.9 Å². The van der Waals surface area contributed by atoms with Crippen molar-refractivity contribution in [2.24, 2.45) is 0 Å². The van der Waals surface area contributed by atoms with Gasteiger partial charge in [-0.05, 0) is 94.1 Å². The molecule has 0 atom stereocenters. The highest BCUT2D eigenvalue weighted by molar-refractivity contribution is 5.90. The number of hydrogen-bond acceptors (Lipinski definition) is 6. The Morgan fingerprint density at radius 1 is 0.650 bits per heavy atom. The maximum Gasteiger partial charge on any atom is 0.336 e. The summed E-state index contributed by atoms with van der Waals surface area (Å²) in [4.78, 5) is 24.9. The molecule has 40 heavy (non-hydrogen) atoms. The van der Waals surface area contributed by atoms with Crippen LogP contribution in [-0.2, 0) is 15.0 Å². The first-order chi connectivity index (χ1) is 19.2. The molecule has 0 aromatic heterocycles. The second-order valence-corrected chi connectivity index (χ2v) is 9.91. The zero-order valence-electron chi connectivity index (χ0n) is 22.4. The molecule has 0 aliphatic heterocycles. The molecule has 0 saturated carbocycles. The molecule has 200 valence electrons. The van der Waals surface area contributed by atoms with Crippen LogP contribution in [0.3, 0.4) is 0 Å². The Bertz CT molecular complexity index is 1630. The Balaban J connectivity index is 1.28. The number of fused-ring (bicyclic) bond motifs is 3. The van der Waals surface area contributed by atoms with Gasteiger partial charge in [0.05, 0.1) is 7.11 Å². The molecule has 4 aromatic carbocycles. The summed E-state index contributed by atoms with van der Waals surface area (Å²) in [5.41, 5.74) is 5.33. The number of carbonyl (C=O) groups excluding carboxylic acids is 2. The highest BCUT2D eigenvalue weighted by Gasteiger charge is 2.36. The molecular formula is C34H28O6. The lowest BCUT2D eigenvalue weighted by atomic mass is 9.82. The zero-order chi connectivity index (χ0) is 28.3. The van der Waals surface area contributed by atoms with E-state index in [1.54, 1.807) is 55.7 Å². The van der Waals surface area contributed by atoms with E-state index in [4.69, 9.17) is 14.2 Å². The first-order valence-corrected chi connectivity index (χ1v) is 12.8. The van der Waals surface area contributed by atoms with E-state index in [9.17, 15) is 14.7 Å². The van der Waals surface area contributed by atoms with Gasteiger partial charge in [0.2, 0.25) is 0 Å². The quantitative estimate of drug-likeness (QED) is 0.158. The number of esters is 2. The number of ether oxygens (including phenoxy) is 3. The van der Waals surface area contributed by atoms with Gasteiger partial charge in [0.15, 0.2) is 0 Å². The smallest absolute Gasteiger partial charge is 0.336 e. The van der Waals surface area contributed by atoms with E-state index >= 15 is 0 Å².